The molecule has 13 atom stereocenters. The lowest BCUT2D eigenvalue weighted by Gasteiger charge is -2.73. The second-order valence-corrected chi connectivity index (χ2v) is 17.2. The molecular weight excluding hydrogens is 484 g/mol. The summed E-state index contributed by atoms with van der Waals surface area (Å²) in [5.41, 5.74) is 2.27. The average Bonchev–Trinajstić information content (AvgIpc) is 3.23. The molecule has 0 spiro atoms. The lowest BCUT2D eigenvalue weighted by Crippen LogP contribution is -2.65. The molecule has 0 aromatic heterocycles. The van der Waals surface area contributed by atoms with Gasteiger partial charge in [0.15, 0.2) is 0 Å². The van der Waals surface area contributed by atoms with Crippen LogP contribution in [0.2, 0.25) is 0 Å². The highest BCUT2D eigenvalue weighted by Gasteiger charge is 2.70. The van der Waals surface area contributed by atoms with Crippen LogP contribution in [0.3, 0.4) is 0 Å². The molecule has 4 N–H and O–H groups in total. The van der Waals surface area contributed by atoms with Crippen LogP contribution in [0.5, 0.6) is 0 Å². The van der Waals surface area contributed by atoms with E-state index in [4.69, 9.17) is 5.11 Å². The van der Waals surface area contributed by atoms with Gasteiger partial charge in [-0.05, 0) is 140 Å². The molecule has 4 heteroatoms. The fourth-order valence-corrected chi connectivity index (χ4v) is 13.2. The van der Waals surface area contributed by atoms with Gasteiger partial charge in [0.05, 0.1) is 12.7 Å². The van der Waals surface area contributed by atoms with Crippen molar-refractivity contribution in [3.8, 4) is 0 Å². The van der Waals surface area contributed by atoms with E-state index in [1.165, 1.54) is 70.6 Å². The summed E-state index contributed by atoms with van der Waals surface area (Å²) in [6.07, 6.45) is 13.2. The topological polar surface area (TPSA) is 80.9 Å². The zero-order valence-corrected chi connectivity index (χ0v) is 26.4. The van der Waals surface area contributed by atoms with Crippen molar-refractivity contribution in [2.75, 3.05) is 6.61 Å². The third-order valence-electron chi connectivity index (χ3n) is 15.4. The molecule has 5 aliphatic rings. The Labute approximate surface area is 239 Å². The van der Waals surface area contributed by atoms with E-state index in [1.54, 1.807) is 0 Å². The second-order valence-electron chi connectivity index (χ2n) is 17.2. The minimum atomic E-state index is -1.27. The van der Waals surface area contributed by atoms with Crippen molar-refractivity contribution in [1.29, 1.82) is 0 Å². The molecule has 4 nitrogen and oxygen atoms in total. The Balaban J connectivity index is 1.33. The largest absolute Gasteiger partial charge is 0.394 e. The summed E-state index contributed by atoms with van der Waals surface area (Å²) in [4.78, 5) is 0. The van der Waals surface area contributed by atoms with Crippen LogP contribution >= 0.6 is 0 Å². The molecule has 5 fully saturated rings. The Kier molecular flexibility index (Phi) is 7.95. The molecule has 0 bridgehead atoms. The first-order valence-electron chi connectivity index (χ1n) is 16.8. The number of aliphatic hydroxyl groups is 4. The van der Waals surface area contributed by atoms with Gasteiger partial charge in [-0.15, -0.1) is 0 Å². The van der Waals surface area contributed by atoms with Gasteiger partial charge in [0.1, 0.15) is 12.2 Å². The first kappa shape index (κ1) is 30.3. The van der Waals surface area contributed by atoms with Gasteiger partial charge in [-0.3, -0.25) is 0 Å². The van der Waals surface area contributed by atoms with Crippen LogP contribution in [0, 0.1) is 62.6 Å². The number of aliphatic hydroxyl groups excluding tert-OH is 4. The molecule has 0 saturated heterocycles. The van der Waals surface area contributed by atoms with Crippen molar-refractivity contribution in [1.82, 2.24) is 0 Å². The van der Waals surface area contributed by atoms with Crippen LogP contribution in [0.1, 0.15) is 132 Å². The molecule has 0 amide bonds. The van der Waals surface area contributed by atoms with Crippen LogP contribution < -0.4 is 0 Å². The smallest absolute Gasteiger partial charge is 0.108 e. The summed E-state index contributed by atoms with van der Waals surface area (Å²) in [6.45, 7) is 17.9. The van der Waals surface area contributed by atoms with Crippen molar-refractivity contribution in [2.24, 2.45) is 62.6 Å². The van der Waals surface area contributed by atoms with Crippen molar-refractivity contribution in [3.05, 3.63) is 0 Å². The van der Waals surface area contributed by atoms with Gasteiger partial charge in [-0.1, -0.05) is 54.9 Å². The molecule has 0 aromatic rings. The van der Waals surface area contributed by atoms with E-state index in [0.717, 1.165) is 30.1 Å². The van der Waals surface area contributed by atoms with Crippen LogP contribution in [0.25, 0.3) is 0 Å². The molecule has 0 radical (unpaired) electrons. The molecular formula is C35H62O4. The number of fused-ring (bicyclic) bond motifs is 7. The van der Waals surface area contributed by atoms with Gasteiger partial charge in [0, 0.05) is 0 Å². The van der Waals surface area contributed by atoms with Crippen molar-refractivity contribution >= 4 is 0 Å². The molecule has 5 aliphatic carbocycles. The Morgan fingerprint density at radius 2 is 1.26 bits per heavy atom. The van der Waals surface area contributed by atoms with Crippen molar-refractivity contribution < 1.29 is 20.4 Å². The van der Waals surface area contributed by atoms with Gasteiger partial charge in [0.25, 0.3) is 0 Å². The highest BCUT2D eigenvalue weighted by atomic mass is 16.4. The first-order valence-corrected chi connectivity index (χ1v) is 16.8. The summed E-state index contributed by atoms with van der Waals surface area (Å²) < 4.78 is 0. The van der Waals surface area contributed by atoms with E-state index in [-0.39, 0.29) is 0 Å². The second kappa shape index (κ2) is 10.2. The summed E-state index contributed by atoms with van der Waals surface area (Å²) in [5, 5.41) is 39.5. The quantitative estimate of drug-likeness (QED) is 0.278. The summed E-state index contributed by atoms with van der Waals surface area (Å²) in [7, 11) is 0. The highest BCUT2D eigenvalue weighted by molar-refractivity contribution is 5.19. The van der Waals surface area contributed by atoms with E-state index in [0.29, 0.717) is 45.3 Å². The van der Waals surface area contributed by atoms with E-state index < -0.39 is 24.9 Å². The Bertz CT molecular complexity index is 888. The Morgan fingerprint density at radius 1 is 0.641 bits per heavy atom. The van der Waals surface area contributed by atoms with Crippen LogP contribution in [-0.4, -0.2) is 45.3 Å². The van der Waals surface area contributed by atoms with Gasteiger partial charge in [0.2, 0.25) is 0 Å². The van der Waals surface area contributed by atoms with Gasteiger partial charge in [-0.2, -0.15) is 0 Å². The molecule has 5 saturated carbocycles. The third-order valence-corrected chi connectivity index (χ3v) is 15.4. The number of hydrogen-bond donors (Lipinski definition) is 4. The Hall–Kier alpha value is -0.160. The normalized spacial score (nSPS) is 50.1. The predicted octanol–water partition coefficient (Wildman–Crippen LogP) is 6.97. The van der Waals surface area contributed by atoms with E-state index >= 15 is 0 Å². The third kappa shape index (κ3) is 4.42. The monoisotopic (exact) mass is 546 g/mol. The van der Waals surface area contributed by atoms with Crippen LogP contribution in [0.15, 0.2) is 0 Å². The SMILES string of the molecule is C[C@H](CC[C@@H](O)[C@@H](O)[C@@H](O)CO)[C@@H]1CC[C@@]2(C)[C@H]3CC[C@@H]4[C@]5(C)CCCC(C)(C)[C@@H]5CC[C@@]4(C)[C@]3(C)CC[C@@H]12. The summed E-state index contributed by atoms with van der Waals surface area (Å²) in [5.74, 6) is 4.50. The van der Waals surface area contributed by atoms with E-state index in [2.05, 4.69) is 48.5 Å². The van der Waals surface area contributed by atoms with Gasteiger partial charge >= 0.3 is 0 Å². The average molecular weight is 547 g/mol. The lowest BCUT2D eigenvalue weighted by atomic mass is 9.32. The van der Waals surface area contributed by atoms with Crippen molar-refractivity contribution in [2.45, 2.75) is 150 Å². The molecule has 39 heavy (non-hydrogen) atoms. The fraction of sp³-hybridized carbons (Fsp3) is 1.00. The summed E-state index contributed by atoms with van der Waals surface area (Å²) >= 11 is 0. The molecule has 226 valence electrons. The first-order chi connectivity index (χ1) is 18.2. The van der Waals surface area contributed by atoms with Crippen molar-refractivity contribution in [3.63, 3.8) is 0 Å². The molecule has 0 aromatic carbocycles. The highest BCUT2D eigenvalue weighted by Crippen LogP contribution is 2.78. The molecule has 0 unspecified atom stereocenters. The maximum atomic E-state index is 10.4. The Morgan fingerprint density at radius 3 is 1.90 bits per heavy atom. The maximum Gasteiger partial charge on any atom is 0.108 e. The van der Waals surface area contributed by atoms with Gasteiger partial charge in [-0.25, -0.2) is 0 Å². The van der Waals surface area contributed by atoms with Gasteiger partial charge < -0.3 is 20.4 Å². The summed E-state index contributed by atoms with van der Waals surface area (Å²) in [6, 6.07) is 0. The van der Waals surface area contributed by atoms with Crippen LogP contribution in [0.4, 0.5) is 0 Å². The standard InChI is InChI=1S/C35H62O4/c1-22(9-10-25(37)30(39)26(38)21-36)23-13-18-32(4)24(23)14-19-34(6)28(32)11-12-29-33(5)17-8-16-31(2,3)27(33)15-20-35(29,34)7/h22-30,36-39H,8-21H2,1-7H3/t22-,23+,24+,25-,26+,27+,28-,29-,30-,32-,33-,34-,35-/m1/s1. The lowest BCUT2D eigenvalue weighted by molar-refractivity contribution is -0.241. The zero-order valence-electron chi connectivity index (χ0n) is 26.4. The fourth-order valence-electron chi connectivity index (χ4n) is 13.2. The molecule has 5 rings (SSSR count). The predicted molar refractivity (Wildman–Crippen MR) is 158 cm³/mol. The number of hydrogen-bond acceptors (Lipinski definition) is 4. The molecule has 0 aliphatic heterocycles. The molecule has 0 heterocycles. The van der Waals surface area contributed by atoms with E-state index in [1.807, 2.05) is 0 Å². The number of rotatable bonds is 7. The minimum Gasteiger partial charge on any atom is -0.394 e. The zero-order chi connectivity index (χ0) is 28.6. The maximum absolute atomic E-state index is 10.4. The van der Waals surface area contributed by atoms with Crippen LogP contribution in [-0.2, 0) is 0 Å². The van der Waals surface area contributed by atoms with E-state index in [9.17, 15) is 15.3 Å². The minimum absolute atomic E-state index is 0.411.